The van der Waals surface area contributed by atoms with Crippen molar-refractivity contribution in [1.82, 2.24) is 0 Å². The van der Waals surface area contributed by atoms with Crippen molar-refractivity contribution < 1.29 is 0 Å². The zero-order valence-corrected chi connectivity index (χ0v) is 9.73. The van der Waals surface area contributed by atoms with Gasteiger partial charge in [0.25, 0.3) is 0 Å². The Morgan fingerprint density at radius 1 is 1.07 bits per heavy atom. The lowest BCUT2D eigenvalue weighted by Crippen LogP contribution is -1.84. The van der Waals surface area contributed by atoms with Crippen LogP contribution in [0.2, 0.25) is 10.0 Å². The van der Waals surface area contributed by atoms with Crippen LogP contribution in [-0.2, 0) is 0 Å². The first kappa shape index (κ1) is 10.5. The van der Waals surface area contributed by atoms with E-state index in [4.69, 9.17) is 23.2 Å². The molecule has 0 atom stereocenters. The maximum atomic E-state index is 6.13. The van der Waals surface area contributed by atoms with Crippen molar-refractivity contribution in [2.24, 2.45) is 0 Å². The van der Waals surface area contributed by atoms with E-state index in [1.807, 2.05) is 37.3 Å². The molecular weight excluding hydrogens is 227 g/mol. The van der Waals surface area contributed by atoms with Gasteiger partial charge in [0.05, 0.1) is 0 Å². The third kappa shape index (κ3) is 2.17. The summed E-state index contributed by atoms with van der Waals surface area (Å²) >= 11 is 12.1. The first-order valence-corrected chi connectivity index (χ1v) is 5.37. The molecule has 2 aromatic carbocycles. The lowest BCUT2D eigenvalue weighted by atomic mass is 10.0. The van der Waals surface area contributed by atoms with E-state index in [2.05, 4.69) is 6.07 Å². The minimum Gasteiger partial charge on any atom is -0.0843 e. The number of hydrogen-bond donors (Lipinski definition) is 0. The van der Waals surface area contributed by atoms with Gasteiger partial charge in [-0.2, -0.15) is 0 Å². The molecule has 15 heavy (non-hydrogen) atoms. The van der Waals surface area contributed by atoms with Gasteiger partial charge in [0.15, 0.2) is 0 Å². The van der Waals surface area contributed by atoms with Crippen LogP contribution in [0.5, 0.6) is 0 Å². The van der Waals surface area contributed by atoms with E-state index >= 15 is 0 Å². The Balaban J connectivity index is 2.64. The van der Waals surface area contributed by atoms with Gasteiger partial charge in [-0.25, -0.2) is 0 Å². The summed E-state index contributed by atoms with van der Waals surface area (Å²) in [7, 11) is 0. The summed E-state index contributed by atoms with van der Waals surface area (Å²) < 4.78 is 0. The van der Waals surface area contributed by atoms with Crippen molar-refractivity contribution in [1.29, 1.82) is 0 Å². The van der Waals surface area contributed by atoms with E-state index in [1.54, 1.807) is 6.07 Å². The molecule has 0 fully saturated rings. The van der Waals surface area contributed by atoms with Crippen LogP contribution < -0.4 is 0 Å². The molecule has 75 valence electrons. The Labute approximate surface area is 99.5 Å². The first-order chi connectivity index (χ1) is 7.18. The topological polar surface area (TPSA) is 0 Å². The van der Waals surface area contributed by atoms with E-state index < -0.39 is 0 Å². The number of halogens is 2. The van der Waals surface area contributed by atoms with Crippen molar-refractivity contribution >= 4 is 23.2 Å². The normalized spacial score (nSPS) is 10.3. The molecule has 1 radical (unpaired) electrons. The van der Waals surface area contributed by atoms with Crippen LogP contribution in [0.1, 0.15) is 5.56 Å². The molecule has 0 aromatic heterocycles. The van der Waals surface area contributed by atoms with Gasteiger partial charge in [-0.3, -0.25) is 0 Å². The molecule has 0 N–H and O–H groups in total. The standard InChI is InChI=1S/C13H9Cl2/c1-9-4-2-3-5-11(9)12-8-10(14)6-7-13(12)15/h2-3,5-8H,1H3. The predicted octanol–water partition coefficient (Wildman–Crippen LogP) is 4.77. The molecule has 2 heteroatoms. The van der Waals surface area contributed by atoms with E-state index in [0.29, 0.717) is 10.0 Å². The highest BCUT2D eigenvalue weighted by Crippen LogP contribution is 2.32. The quantitative estimate of drug-likeness (QED) is 0.669. The maximum Gasteiger partial charge on any atom is 0.0485 e. The molecule has 0 saturated carbocycles. The van der Waals surface area contributed by atoms with Crippen LogP contribution in [0.4, 0.5) is 0 Å². The van der Waals surface area contributed by atoms with Crippen LogP contribution in [0.15, 0.2) is 36.4 Å². The second-order valence-electron chi connectivity index (χ2n) is 3.33. The van der Waals surface area contributed by atoms with Gasteiger partial charge in [0.1, 0.15) is 0 Å². The molecule has 0 nitrogen and oxygen atoms in total. The molecule has 2 rings (SSSR count). The second kappa shape index (κ2) is 4.26. The van der Waals surface area contributed by atoms with Crippen LogP contribution in [0.25, 0.3) is 11.1 Å². The van der Waals surface area contributed by atoms with Crippen molar-refractivity contribution in [3.63, 3.8) is 0 Å². The molecule has 0 saturated heterocycles. The van der Waals surface area contributed by atoms with Gasteiger partial charge < -0.3 is 0 Å². The van der Waals surface area contributed by atoms with Gasteiger partial charge in [-0.1, -0.05) is 41.4 Å². The summed E-state index contributed by atoms with van der Waals surface area (Å²) in [5.41, 5.74) is 3.10. The number of aryl methyl sites for hydroxylation is 1. The van der Waals surface area contributed by atoms with Crippen molar-refractivity contribution in [3.8, 4) is 11.1 Å². The number of hydrogen-bond acceptors (Lipinski definition) is 0. The average Bonchev–Trinajstić information content (AvgIpc) is 2.23. The number of benzene rings is 2. The largest absolute Gasteiger partial charge is 0.0843 e. The van der Waals surface area contributed by atoms with Gasteiger partial charge >= 0.3 is 0 Å². The molecule has 0 aliphatic heterocycles. The summed E-state index contributed by atoms with van der Waals surface area (Å²) in [4.78, 5) is 0. The minimum absolute atomic E-state index is 0.692. The SMILES string of the molecule is Cc1[c]cccc1-c1cc(Cl)ccc1Cl. The Bertz CT molecular complexity index is 490. The highest BCUT2D eigenvalue weighted by molar-refractivity contribution is 6.35. The number of rotatable bonds is 1. The third-order valence-corrected chi connectivity index (χ3v) is 2.85. The lowest BCUT2D eigenvalue weighted by Gasteiger charge is -2.07. The predicted molar refractivity (Wildman–Crippen MR) is 65.5 cm³/mol. The van der Waals surface area contributed by atoms with Gasteiger partial charge in [-0.05, 0) is 42.3 Å². The van der Waals surface area contributed by atoms with Crippen LogP contribution in [0, 0.1) is 13.0 Å². The van der Waals surface area contributed by atoms with Crippen molar-refractivity contribution in [3.05, 3.63) is 58.1 Å². The molecule has 0 amide bonds. The summed E-state index contributed by atoms with van der Waals surface area (Å²) in [6.07, 6.45) is 0. The van der Waals surface area contributed by atoms with E-state index in [-0.39, 0.29) is 0 Å². The Morgan fingerprint density at radius 2 is 1.87 bits per heavy atom. The molecular formula is C13H9Cl2. The van der Waals surface area contributed by atoms with Gasteiger partial charge in [0, 0.05) is 15.6 Å². The van der Waals surface area contributed by atoms with Crippen molar-refractivity contribution in [2.45, 2.75) is 6.92 Å². The van der Waals surface area contributed by atoms with Crippen LogP contribution >= 0.6 is 23.2 Å². The monoisotopic (exact) mass is 235 g/mol. The smallest absolute Gasteiger partial charge is 0.0485 e. The second-order valence-corrected chi connectivity index (χ2v) is 4.18. The third-order valence-electron chi connectivity index (χ3n) is 2.28. The first-order valence-electron chi connectivity index (χ1n) is 4.61. The fourth-order valence-corrected chi connectivity index (χ4v) is 1.91. The highest BCUT2D eigenvalue weighted by Gasteiger charge is 2.06. The summed E-state index contributed by atoms with van der Waals surface area (Å²) in [6, 6.07) is 14.5. The summed E-state index contributed by atoms with van der Waals surface area (Å²) in [5.74, 6) is 0. The lowest BCUT2D eigenvalue weighted by molar-refractivity contribution is 1.45. The highest BCUT2D eigenvalue weighted by atomic mass is 35.5. The maximum absolute atomic E-state index is 6.13. The van der Waals surface area contributed by atoms with Gasteiger partial charge in [0.2, 0.25) is 0 Å². The Morgan fingerprint density at radius 3 is 2.60 bits per heavy atom. The Kier molecular flexibility index (Phi) is 2.99. The molecule has 0 heterocycles. The zero-order chi connectivity index (χ0) is 10.8. The van der Waals surface area contributed by atoms with E-state index in [0.717, 1.165) is 16.7 Å². The summed E-state index contributed by atoms with van der Waals surface area (Å²) in [5, 5.41) is 1.40. The molecule has 0 aliphatic carbocycles. The molecule has 0 spiro atoms. The van der Waals surface area contributed by atoms with Crippen molar-refractivity contribution in [2.75, 3.05) is 0 Å². The molecule has 0 unspecified atom stereocenters. The molecule has 2 aromatic rings. The molecule has 0 aliphatic rings. The fraction of sp³-hybridized carbons (Fsp3) is 0.0769. The van der Waals surface area contributed by atoms with Gasteiger partial charge in [-0.15, -0.1) is 0 Å². The Hall–Kier alpha value is -0.980. The zero-order valence-electron chi connectivity index (χ0n) is 8.22. The van der Waals surface area contributed by atoms with E-state index in [9.17, 15) is 0 Å². The minimum atomic E-state index is 0.692. The summed E-state index contributed by atoms with van der Waals surface area (Å²) in [6.45, 7) is 2.01. The van der Waals surface area contributed by atoms with Crippen LogP contribution in [0.3, 0.4) is 0 Å². The fourth-order valence-electron chi connectivity index (χ4n) is 1.52. The van der Waals surface area contributed by atoms with E-state index in [1.165, 1.54) is 0 Å². The molecule has 0 bridgehead atoms. The van der Waals surface area contributed by atoms with Crippen LogP contribution in [-0.4, -0.2) is 0 Å². The average molecular weight is 236 g/mol.